The van der Waals surface area contributed by atoms with Gasteiger partial charge >= 0.3 is 11.9 Å². The molecule has 0 amide bonds. The number of ether oxygens (including phenoxy) is 2. The van der Waals surface area contributed by atoms with E-state index in [0.717, 1.165) is 0 Å². The number of rotatable bonds is 2. The molecule has 1 atom stereocenters. The predicted molar refractivity (Wildman–Crippen MR) is 51.2 cm³/mol. The van der Waals surface area contributed by atoms with E-state index < -0.39 is 23.9 Å². The summed E-state index contributed by atoms with van der Waals surface area (Å²) < 4.78 is 22.7. The highest BCUT2D eigenvalue weighted by Crippen LogP contribution is 2.34. The zero-order valence-corrected chi connectivity index (χ0v) is 8.53. The van der Waals surface area contributed by atoms with E-state index in [4.69, 9.17) is 4.74 Å². The maximum atomic E-state index is 13.3. The minimum absolute atomic E-state index is 0.0867. The van der Waals surface area contributed by atoms with Gasteiger partial charge in [0.15, 0.2) is 0 Å². The molecular weight excluding hydrogens is 215 g/mol. The molecule has 0 radical (unpaired) electrons. The maximum Gasteiger partial charge on any atom is 0.342 e. The van der Waals surface area contributed by atoms with Crippen LogP contribution in [0.25, 0.3) is 0 Å². The molecule has 0 bridgehead atoms. The van der Waals surface area contributed by atoms with Gasteiger partial charge in [0.25, 0.3) is 0 Å². The molecule has 1 heterocycles. The molecule has 4 nitrogen and oxygen atoms in total. The van der Waals surface area contributed by atoms with Gasteiger partial charge in [-0.25, -0.2) is 9.18 Å². The Morgan fingerprint density at radius 1 is 1.56 bits per heavy atom. The molecule has 5 heteroatoms. The van der Waals surface area contributed by atoms with Crippen LogP contribution in [-0.2, 0) is 14.3 Å². The number of methoxy groups -OCH3 is 1. The van der Waals surface area contributed by atoms with E-state index in [-0.39, 0.29) is 12.0 Å². The number of benzene rings is 1. The summed E-state index contributed by atoms with van der Waals surface area (Å²) in [7, 11) is 1.24. The highest BCUT2D eigenvalue weighted by atomic mass is 19.1. The van der Waals surface area contributed by atoms with E-state index >= 15 is 0 Å². The first-order valence-electron chi connectivity index (χ1n) is 4.69. The Labute approximate surface area is 91.0 Å². The van der Waals surface area contributed by atoms with Crippen LogP contribution >= 0.6 is 0 Å². The van der Waals surface area contributed by atoms with E-state index in [1.807, 2.05) is 0 Å². The number of cyclic esters (lactones) is 1. The Bertz CT molecular complexity index is 455. The molecule has 1 aliphatic heterocycles. The molecule has 1 unspecified atom stereocenters. The minimum atomic E-state index is -0.745. The molecule has 0 fully saturated rings. The first kappa shape index (κ1) is 10.6. The van der Waals surface area contributed by atoms with Crippen molar-refractivity contribution in [3.05, 3.63) is 35.1 Å². The van der Waals surface area contributed by atoms with Crippen LogP contribution < -0.4 is 0 Å². The van der Waals surface area contributed by atoms with E-state index in [1.54, 1.807) is 6.07 Å². The molecule has 0 N–H and O–H groups in total. The third-order valence-electron chi connectivity index (χ3n) is 2.43. The minimum Gasteiger partial charge on any atom is -0.469 e. The summed E-state index contributed by atoms with van der Waals surface area (Å²) in [5.74, 6) is -1.87. The lowest BCUT2D eigenvalue weighted by Crippen LogP contribution is -2.08. The van der Waals surface area contributed by atoms with E-state index in [9.17, 15) is 14.0 Å². The van der Waals surface area contributed by atoms with Gasteiger partial charge in [0, 0.05) is 5.56 Å². The zero-order valence-electron chi connectivity index (χ0n) is 8.53. The van der Waals surface area contributed by atoms with Crippen molar-refractivity contribution in [2.45, 2.75) is 12.5 Å². The summed E-state index contributed by atoms with van der Waals surface area (Å²) in [5.41, 5.74) is 0.312. The number of carbonyl (C=O) groups is 2. The fraction of sp³-hybridized carbons (Fsp3) is 0.273. The molecule has 1 aromatic carbocycles. The van der Waals surface area contributed by atoms with Gasteiger partial charge < -0.3 is 9.47 Å². The highest BCUT2D eigenvalue weighted by molar-refractivity contribution is 5.94. The van der Waals surface area contributed by atoms with Gasteiger partial charge in [-0.15, -0.1) is 0 Å². The molecular formula is C11H9FO4. The fourth-order valence-corrected chi connectivity index (χ4v) is 1.66. The number of hydrogen-bond acceptors (Lipinski definition) is 4. The zero-order chi connectivity index (χ0) is 11.7. The van der Waals surface area contributed by atoms with Gasteiger partial charge in [-0.2, -0.15) is 0 Å². The monoisotopic (exact) mass is 224 g/mol. The van der Waals surface area contributed by atoms with Crippen molar-refractivity contribution in [1.82, 2.24) is 0 Å². The van der Waals surface area contributed by atoms with Crippen LogP contribution in [0.5, 0.6) is 0 Å². The third kappa shape index (κ3) is 1.64. The maximum absolute atomic E-state index is 13.3. The normalized spacial score (nSPS) is 17.9. The van der Waals surface area contributed by atoms with Crippen molar-refractivity contribution in [1.29, 1.82) is 0 Å². The van der Waals surface area contributed by atoms with Crippen molar-refractivity contribution in [3.63, 3.8) is 0 Å². The number of esters is 2. The second kappa shape index (κ2) is 3.92. The van der Waals surface area contributed by atoms with Crippen molar-refractivity contribution in [3.8, 4) is 0 Å². The van der Waals surface area contributed by atoms with Gasteiger partial charge in [-0.05, 0) is 6.07 Å². The summed E-state index contributed by atoms with van der Waals surface area (Å²) in [6.45, 7) is 0. The summed E-state index contributed by atoms with van der Waals surface area (Å²) in [4.78, 5) is 22.4. The summed E-state index contributed by atoms with van der Waals surface area (Å²) in [6, 6.07) is 4.22. The van der Waals surface area contributed by atoms with Gasteiger partial charge in [0.05, 0.1) is 13.5 Å². The third-order valence-corrected chi connectivity index (χ3v) is 2.43. The lowest BCUT2D eigenvalue weighted by Gasteiger charge is -2.08. The van der Waals surface area contributed by atoms with Crippen LogP contribution in [-0.4, -0.2) is 19.0 Å². The number of hydrogen-bond donors (Lipinski definition) is 0. The molecule has 2 rings (SSSR count). The van der Waals surface area contributed by atoms with Gasteiger partial charge in [-0.1, -0.05) is 12.1 Å². The molecule has 16 heavy (non-hydrogen) atoms. The standard InChI is InChI=1S/C11H9FO4/c1-15-9(13)5-8-6-3-2-4-7(12)10(6)11(14)16-8/h2-4,8H,5H2,1H3. The number of fused-ring (bicyclic) bond motifs is 1. The molecule has 0 aliphatic carbocycles. The van der Waals surface area contributed by atoms with Crippen molar-refractivity contribution >= 4 is 11.9 Å². The second-order valence-corrected chi connectivity index (χ2v) is 3.38. The largest absolute Gasteiger partial charge is 0.469 e. The van der Waals surface area contributed by atoms with Crippen LogP contribution in [0.4, 0.5) is 4.39 Å². The smallest absolute Gasteiger partial charge is 0.342 e. The van der Waals surface area contributed by atoms with Crippen LogP contribution in [0.1, 0.15) is 28.4 Å². The second-order valence-electron chi connectivity index (χ2n) is 3.38. The molecule has 1 aliphatic rings. The van der Waals surface area contributed by atoms with Crippen LogP contribution in [0.3, 0.4) is 0 Å². The van der Waals surface area contributed by atoms with Gasteiger partial charge in [0.2, 0.25) is 0 Å². The van der Waals surface area contributed by atoms with Crippen LogP contribution in [0.15, 0.2) is 18.2 Å². The van der Waals surface area contributed by atoms with Crippen molar-refractivity contribution in [2.75, 3.05) is 7.11 Å². The van der Waals surface area contributed by atoms with Crippen molar-refractivity contribution < 1.29 is 23.5 Å². The summed E-state index contributed by atoms with van der Waals surface area (Å²) >= 11 is 0. The molecule has 0 spiro atoms. The van der Waals surface area contributed by atoms with E-state index in [0.29, 0.717) is 5.56 Å². The quantitative estimate of drug-likeness (QED) is 0.716. The van der Waals surface area contributed by atoms with Crippen LogP contribution in [0, 0.1) is 5.82 Å². The molecule has 1 aromatic rings. The molecule has 84 valence electrons. The average Bonchev–Trinajstić information content (AvgIpc) is 2.57. The Morgan fingerprint density at radius 2 is 2.31 bits per heavy atom. The number of carbonyl (C=O) groups excluding carboxylic acids is 2. The lowest BCUT2D eigenvalue weighted by molar-refractivity contribution is -0.142. The van der Waals surface area contributed by atoms with Gasteiger partial charge in [0.1, 0.15) is 17.5 Å². The van der Waals surface area contributed by atoms with Gasteiger partial charge in [-0.3, -0.25) is 4.79 Å². The number of halogens is 1. The first-order valence-corrected chi connectivity index (χ1v) is 4.69. The average molecular weight is 224 g/mol. The predicted octanol–water partition coefficient (Wildman–Crippen LogP) is 1.60. The summed E-state index contributed by atoms with van der Waals surface area (Å²) in [5, 5.41) is 0. The van der Waals surface area contributed by atoms with Crippen LogP contribution in [0.2, 0.25) is 0 Å². The Kier molecular flexibility index (Phi) is 2.60. The lowest BCUT2D eigenvalue weighted by atomic mass is 10.0. The highest BCUT2D eigenvalue weighted by Gasteiger charge is 2.34. The first-order chi connectivity index (χ1) is 7.63. The SMILES string of the molecule is COC(=O)CC1OC(=O)c2c(F)cccc21. The Morgan fingerprint density at radius 3 is 3.00 bits per heavy atom. The van der Waals surface area contributed by atoms with Crippen molar-refractivity contribution in [2.24, 2.45) is 0 Å². The molecule has 0 aromatic heterocycles. The topological polar surface area (TPSA) is 52.6 Å². The Balaban J connectivity index is 2.33. The molecule has 0 saturated carbocycles. The van der Waals surface area contributed by atoms with E-state index in [2.05, 4.69) is 4.74 Å². The molecule has 0 saturated heterocycles. The Hall–Kier alpha value is -1.91. The van der Waals surface area contributed by atoms with E-state index in [1.165, 1.54) is 19.2 Å². The summed E-state index contributed by atoms with van der Waals surface area (Å²) in [6.07, 6.45) is -0.843. The fourth-order valence-electron chi connectivity index (χ4n) is 1.66.